The summed E-state index contributed by atoms with van der Waals surface area (Å²) in [6.07, 6.45) is 7.10. The molecule has 3 aromatic rings. The summed E-state index contributed by atoms with van der Waals surface area (Å²) in [5.41, 5.74) is 2.69. The summed E-state index contributed by atoms with van der Waals surface area (Å²) in [6.45, 7) is 4.20. The topological polar surface area (TPSA) is 42.5 Å². The highest BCUT2D eigenvalue weighted by Gasteiger charge is 2.16. The van der Waals surface area contributed by atoms with Crippen LogP contribution < -0.4 is 20.1 Å². The number of rotatable bonds is 17. The molecule has 37 heavy (non-hydrogen) atoms. The summed E-state index contributed by atoms with van der Waals surface area (Å²) in [7, 11) is 3.41. The van der Waals surface area contributed by atoms with Gasteiger partial charge in [-0.1, -0.05) is 79.2 Å². The Kier molecular flexibility index (Phi) is 18.0. The van der Waals surface area contributed by atoms with Crippen LogP contribution in [0.4, 0.5) is 0 Å². The highest BCUT2D eigenvalue weighted by atomic mass is 35.5. The second-order valence-corrected chi connectivity index (χ2v) is 9.69. The van der Waals surface area contributed by atoms with E-state index >= 15 is 0 Å². The predicted molar refractivity (Wildman–Crippen MR) is 163 cm³/mol. The van der Waals surface area contributed by atoms with Gasteiger partial charge in [0.25, 0.3) is 0 Å². The Morgan fingerprint density at radius 3 is 1.81 bits per heavy atom. The first-order chi connectivity index (χ1) is 17.3. The number of hydrogen-bond donors (Lipinski definition) is 2. The molecule has 0 saturated carbocycles. The standard InChI is InChI=1S/C30H40N2O2S.2ClH/c1-33-28-18-17-26(30(29(28)34-2)35-27-15-9-6-10-16-27)20-24-32-22-12-4-3-11-21-31-23-19-25-13-7-5-8-14-25;;/h5-10,13-18,31-32H,3-4,11-12,19-24H2,1-2H3;2*1H. The van der Waals surface area contributed by atoms with Crippen LogP contribution in [0.25, 0.3) is 0 Å². The molecule has 0 bridgehead atoms. The molecule has 4 nitrogen and oxygen atoms in total. The molecule has 0 aliphatic rings. The average molecular weight is 566 g/mol. The molecule has 7 heteroatoms. The first-order valence-electron chi connectivity index (χ1n) is 12.7. The lowest BCUT2D eigenvalue weighted by Gasteiger charge is -2.17. The monoisotopic (exact) mass is 564 g/mol. The molecule has 0 heterocycles. The SMILES string of the molecule is COc1ccc(CCNCCCCCCNCCc2ccccc2)c(Sc2ccccc2)c1OC.Cl.Cl. The normalized spacial score (nSPS) is 10.3. The average Bonchev–Trinajstić information content (AvgIpc) is 2.90. The van der Waals surface area contributed by atoms with Gasteiger partial charge in [0.05, 0.1) is 19.1 Å². The van der Waals surface area contributed by atoms with E-state index in [0.717, 1.165) is 55.4 Å². The first-order valence-corrected chi connectivity index (χ1v) is 13.6. The van der Waals surface area contributed by atoms with Crippen molar-refractivity contribution in [2.45, 2.75) is 48.3 Å². The molecule has 0 unspecified atom stereocenters. The molecule has 0 aliphatic carbocycles. The fourth-order valence-electron chi connectivity index (χ4n) is 4.06. The summed E-state index contributed by atoms with van der Waals surface area (Å²) < 4.78 is 11.3. The second kappa shape index (κ2) is 20.1. The lowest BCUT2D eigenvalue weighted by molar-refractivity contribution is 0.347. The summed E-state index contributed by atoms with van der Waals surface area (Å²) >= 11 is 1.74. The van der Waals surface area contributed by atoms with E-state index in [0.29, 0.717) is 0 Å². The maximum atomic E-state index is 5.74. The molecule has 0 radical (unpaired) electrons. The van der Waals surface area contributed by atoms with E-state index in [1.807, 2.05) is 12.1 Å². The van der Waals surface area contributed by atoms with Gasteiger partial charge >= 0.3 is 0 Å². The smallest absolute Gasteiger partial charge is 0.174 e. The van der Waals surface area contributed by atoms with E-state index in [4.69, 9.17) is 9.47 Å². The fourth-order valence-corrected chi connectivity index (χ4v) is 5.17. The Balaban J connectivity index is 0.00000342. The van der Waals surface area contributed by atoms with Crippen molar-refractivity contribution in [3.8, 4) is 11.5 Å². The molecule has 3 aromatic carbocycles. The van der Waals surface area contributed by atoms with Gasteiger partial charge in [-0.15, -0.1) is 24.8 Å². The zero-order valence-corrected chi connectivity index (χ0v) is 24.5. The van der Waals surface area contributed by atoms with Crippen LogP contribution >= 0.6 is 36.6 Å². The van der Waals surface area contributed by atoms with E-state index in [9.17, 15) is 0 Å². The van der Waals surface area contributed by atoms with Crippen LogP contribution in [0.5, 0.6) is 11.5 Å². The highest BCUT2D eigenvalue weighted by Crippen LogP contribution is 2.43. The summed E-state index contributed by atoms with van der Waals surface area (Å²) in [6, 6.07) is 25.3. The number of benzene rings is 3. The maximum absolute atomic E-state index is 5.74. The van der Waals surface area contributed by atoms with E-state index in [-0.39, 0.29) is 24.8 Å². The quantitative estimate of drug-likeness (QED) is 0.169. The molecule has 0 atom stereocenters. The van der Waals surface area contributed by atoms with Gasteiger partial charge in [-0.3, -0.25) is 0 Å². The van der Waals surface area contributed by atoms with E-state index in [1.54, 1.807) is 26.0 Å². The third kappa shape index (κ3) is 12.0. The molecule has 0 aromatic heterocycles. The van der Waals surface area contributed by atoms with Crippen LogP contribution in [-0.4, -0.2) is 40.4 Å². The van der Waals surface area contributed by atoms with Crippen molar-refractivity contribution in [2.24, 2.45) is 0 Å². The molecule has 3 rings (SSSR count). The van der Waals surface area contributed by atoms with Crippen molar-refractivity contribution >= 4 is 36.6 Å². The van der Waals surface area contributed by atoms with Gasteiger partial charge in [0.15, 0.2) is 11.5 Å². The largest absolute Gasteiger partial charge is 0.493 e. The van der Waals surface area contributed by atoms with Crippen molar-refractivity contribution < 1.29 is 9.47 Å². The van der Waals surface area contributed by atoms with Crippen LogP contribution in [0.2, 0.25) is 0 Å². The van der Waals surface area contributed by atoms with Gasteiger partial charge in [0.1, 0.15) is 0 Å². The minimum atomic E-state index is 0. The molecule has 0 aliphatic heterocycles. The number of methoxy groups -OCH3 is 2. The van der Waals surface area contributed by atoms with E-state index in [1.165, 1.54) is 41.7 Å². The number of hydrogen-bond acceptors (Lipinski definition) is 5. The first kappa shape index (κ1) is 33.1. The van der Waals surface area contributed by atoms with Gasteiger partial charge in [-0.05, 0) is 81.2 Å². The molecule has 0 spiro atoms. The summed E-state index contributed by atoms with van der Waals surface area (Å²) in [4.78, 5) is 2.34. The minimum absolute atomic E-state index is 0. The molecule has 0 amide bonds. The lowest BCUT2D eigenvalue weighted by Crippen LogP contribution is -2.19. The van der Waals surface area contributed by atoms with Crippen LogP contribution in [0, 0.1) is 0 Å². The van der Waals surface area contributed by atoms with Gasteiger partial charge in [-0.2, -0.15) is 0 Å². The van der Waals surface area contributed by atoms with Gasteiger partial charge in [0.2, 0.25) is 0 Å². The van der Waals surface area contributed by atoms with Gasteiger partial charge in [-0.25, -0.2) is 0 Å². The molecule has 0 fully saturated rings. The molecular weight excluding hydrogens is 523 g/mol. The number of unbranched alkanes of at least 4 members (excludes halogenated alkanes) is 3. The zero-order chi connectivity index (χ0) is 24.6. The Morgan fingerprint density at radius 1 is 0.622 bits per heavy atom. The number of ether oxygens (including phenoxy) is 2. The van der Waals surface area contributed by atoms with Crippen LogP contribution in [0.15, 0.2) is 82.6 Å². The van der Waals surface area contributed by atoms with Crippen LogP contribution in [0.3, 0.4) is 0 Å². The van der Waals surface area contributed by atoms with Crippen molar-refractivity contribution in [3.63, 3.8) is 0 Å². The van der Waals surface area contributed by atoms with Crippen molar-refractivity contribution in [2.75, 3.05) is 40.4 Å². The third-order valence-corrected chi connectivity index (χ3v) is 7.17. The molecule has 0 saturated heterocycles. The molecular formula is C30H42Cl2N2O2S. The molecule has 204 valence electrons. The lowest BCUT2D eigenvalue weighted by atomic mass is 10.1. The van der Waals surface area contributed by atoms with Crippen LogP contribution in [0.1, 0.15) is 36.8 Å². The minimum Gasteiger partial charge on any atom is -0.493 e. The van der Waals surface area contributed by atoms with Crippen molar-refractivity contribution in [1.29, 1.82) is 0 Å². The van der Waals surface area contributed by atoms with Gasteiger partial charge < -0.3 is 20.1 Å². The van der Waals surface area contributed by atoms with E-state index in [2.05, 4.69) is 71.3 Å². The third-order valence-electron chi connectivity index (χ3n) is 6.01. The van der Waals surface area contributed by atoms with Gasteiger partial charge in [0, 0.05) is 4.90 Å². The number of halogens is 2. The number of nitrogens with one attached hydrogen (secondary N) is 2. The summed E-state index contributed by atoms with van der Waals surface area (Å²) in [5, 5.41) is 7.19. The van der Waals surface area contributed by atoms with Crippen molar-refractivity contribution in [3.05, 3.63) is 83.9 Å². The Morgan fingerprint density at radius 2 is 1.22 bits per heavy atom. The Bertz CT molecular complexity index is 978. The maximum Gasteiger partial charge on any atom is 0.174 e. The second-order valence-electron chi connectivity index (χ2n) is 8.60. The summed E-state index contributed by atoms with van der Waals surface area (Å²) in [5.74, 6) is 1.59. The fraction of sp³-hybridized carbons (Fsp3) is 0.400. The van der Waals surface area contributed by atoms with E-state index < -0.39 is 0 Å². The zero-order valence-electron chi connectivity index (χ0n) is 22.0. The highest BCUT2D eigenvalue weighted by molar-refractivity contribution is 7.99. The Hall–Kier alpha value is -1.89. The van der Waals surface area contributed by atoms with Crippen molar-refractivity contribution in [1.82, 2.24) is 10.6 Å². The molecule has 2 N–H and O–H groups in total. The Labute approximate surface area is 240 Å². The van der Waals surface area contributed by atoms with Crippen LogP contribution in [-0.2, 0) is 12.8 Å². The predicted octanol–water partition coefficient (Wildman–Crippen LogP) is 7.22.